The molecule has 1 aromatic rings. The molecule has 1 fully saturated rings. The van der Waals surface area contributed by atoms with Crippen LogP contribution in [-0.2, 0) is 25.2 Å². The van der Waals surface area contributed by atoms with Crippen molar-refractivity contribution in [2.45, 2.75) is 73.0 Å². The van der Waals surface area contributed by atoms with E-state index < -0.39 is 11.2 Å². The number of hydrogen-bond acceptors (Lipinski definition) is 4. The van der Waals surface area contributed by atoms with E-state index in [1.807, 2.05) is 37.3 Å². The van der Waals surface area contributed by atoms with E-state index in [2.05, 4.69) is 66.7 Å². The molecule has 3 rings (SSSR count). The lowest BCUT2D eigenvalue weighted by atomic mass is 9.54. The van der Waals surface area contributed by atoms with E-state index in [4.69, 9.17) is 19.6 Å². The summed E-state index contributed by atoms with van der Waals surface area (Å²) >= 11 is 0. The van der Waals surface area contributed by atoms with Crippen molar-refractivity contribution in [1.82, 2.24) is 0 Å². The van der Waals surface area contributed by atoms with Gasteiger partial charge in [-0.25, -0.2) is 19.6 Å². The molecule has 1 saturated heterocycles. The average Bonchev–Trinajstić information content (AvgIpc) is 2.68. The molecular weight excluding hydrogens is 376 g/mol. The SMILES string of the molecule is CC(C)(C)C1=CCC(C(C)(C)C)(C2(C)COOCC(C)(c3ccccc3)OO2)C=C1. The van der Waals surface area contributed by atoms with Crippen LogP contribution in [0.2, 0.25) is 0 Å². The third kappa shape index (κ3) is 4.16. The zero-order valence-electron chi connectivity index (χ0n) is 19.9. The van der Waals surface area contributed by atoms with Crippen molar-refractivity contribution in [2.24, 2.45) is 16.2 Å². The fraction of sp³-hybridized carbons (Fsp3) is 0.615. The van der Waals surface area contributed by atoms with E-state index in [1.54, 1.807) is 0 Å². The van der Waals surface area contributed by atoms with Crippen LogP contribution in [0.1, 0.15) is 67.4 Å². The van der Waals surface area contributed by atoms with Crippen LogP contribution in [0.3, 0.4) is 0 Å². The smallest absolute Gasteiger partial charge is 0.152 e. The maximum Gasteiger partial charge on any atom is 0.152 e. The molecule has 3 atom stereocenters. The Kier molecular flexibility index (Phi) is 6.11. The van der Waals surface area contributed by atoms with Gasteiger partial charge in [0.2, 0.25) is 0 Å². The Morgan fingerprint density at radius 2 is 1.47 bits per heavy atom. The standard InChI is InChI=1S/C26H38O4/c1-22(2,3)20-14-16-26(17-15-20,23(4,5)6)25(8)19-28-27-18-24(7,29-30-25)21-12-10-9-11-13-21/h9-16H,17-19H2,1-8H3. The summed E-state index contributed by atoms with van der Waals surface area (Å²) in [7, 11) is 0. The van der Waals surface area contributed by atoms with Crippen molar-refractivity contribution >= 4 is 0 Å². The van der Waals surface area contributed by atoms with Gasteiger partial charge in [-0.15, -0.1) is 0 Å². The molecule has 3 unspecified atom stereocenters. The maximum atomic E-state index is 6.35. The fourth-order valence-electron chi connectivity index (χ4n) is 4.60. The van der Waals surface area contributed by atoms with Crippen LogP contribution in [0.25, 0.3) is 0 Å². The lowest BCUT2D eigenvalue weighted by Crippen LogP contribution is -2.59. The van der Waals surface area contributed by atoms with E-state index in [-0.39, 0.29) is 29.5 Å². The highest BCUT2D eigenvalue weighted by molar-refractivity contribution is 5.34. The lowest BCUT2D eigenvalue weighted by Gasteiger charge is -2.55. The molecule has 0 amide bonds. The zero-order chi connectivity index (χ0) is 22.3. The second kappa shape index (κ2) is 7.90. The fourth-order valence-corrected chi connectivity index (χ4v) is 4.60. The Morgan fingerprint density at radius 1 is 0.833 bits per heavy atom. The highest BCUT2D eigenvalue weighted by Crippen LogP contribution is 2.56. The predicted octanol–water partition coefficient (Wildman–Crippen LogP) is 6.54. The van der Waals surface area contributed by atoms with Gasteiger partial charge in [0, 0.05) is 5.41 Å². The molecule has 30 heavy (non-hydrogen) atoms. The van der Waals surface area contributed by atoms with Crippen LogP contribution in [-0.4, -0.2) is 18.8 Å². The molecule has 0 bridgehead atoms. The Labute approximate surface area is 182 Å². The van der Waals surface area contributed by atoms with Gasteiger partial charge in [0.15, 0.2) is 5.60 Å². The molecular formula is C26H38O4. The van der Waals surface area contributed by atoms with Crippen molar-refractivity contribution in [3.63, 3.8) is 0 Å². The molecule has 0 N–H and O–H groups in total. The monoisotopic (exact) mass is 414 g/mol. The summed E-state index contributed by atoms with van der Waals surface area (Å²) in [6.45, 7) is 18.0. The van der Waals surface area contributed by atoms with Crippen molar-refractivity contribution in [1.29, 1.82) is 0 Å². The summed E-state index contributed by atoms with van der Waals surface area (Å²) in [5.74, 6) is 0. The summed E-state index contributed by atoms with van der Waals surface area (Å²) in [4.78, 5) is 23.9. The Hall–Kier alpha value is -1.46. The molecule has 1 aliphatic carbocycles. The minimum atomic E-state index is -0.771. The number of rotatable bonds is 2. The van der Waals surface area contributed by atoms with Crippen molar-refractivity contribution in [3.8, 4) is 0 Å². The van der Waals surface area contributed by atoms with E-state index in [9.17, 15) is 0 Å². The summed E-state index contributed by atoms with van der Waals surface area (Å²) in [5.41, 5.74) is 0.456. The van der Waals surface area contributed by atoms with Gasteiger partial charge in [-0.3, -0.25) is 0 Å². The minimum Gasteiger partial charge on any atom is -0.233 e. The first-order valence-corrected chi connectivity index (χ1v) is 10.9. The van der Waals surface area contributed by atoms with Crippen LogP contribution < -0.4 is 0 Å². The normalized spacial score (nSPS) is 33.5. The van der Waals surface area contributed by atoms with Gasteiger partial charge >= 0.3 is 0 Å². The lowest BCUT2D eigenvalue weighted by molar-refractivity contribution is -0.492. The van der Waals surface area contributed by atoms with E-state index in [0.717, 1.165) is 12.0 Å². The van der Waals surface area contributed by atoms with Crippen LogP contribution >= 0.6 is 0 Å². The van der Waals surface area contributed by atoms with Gasteiger partial charge in [-0.1, -0.05) is 90.1 Å². The molecule has 1 aliphatic heterocycles. The third-order valence-corrected chi connectivity index (χ3v) is 6.89. The van der Waals surface area contributed by atoms with Gasteiger partial charge in [-0.2, -0.15) is 0 Å². The van der Waals surface area contributed by atoms with Crippen LogP contribution in [0.4, 0.5) is 0 Å². The summed E-state index contributed by atoms with van der Waals surface area (Å²) in [6, 6.07) is 10.00. The van der Waals surface area contributed by atoms with Gasteiger partial charge in [-0.05, 0) is 42.2 Å². The van der Waals surface area contributed by atoms with Crippen LogP contribution in [0.15, 0.2) is 54.1 Å². The van der Waals surface area contributed by atoms with Crippen molar-refractivity contribution < 1.29 is 19.6 Å². The molecule has 1 heterocycles. The van der Waals surface area contributed by atoms with Crippen LogP contribution in [0.5, 0.6) is 0 Å². The Morgan fingerprint density at radius 3 is 2.00 bits per heavy atom. The molecule has 0 saturated carbocycles. The van der Waals surface area contributed by atoms with Gasteiger partial charge in [0.1, 0.15) is 18.8 Å². The van der Waals surface area contributed by atoms with Crippen molar-refractivity contribution in [2.75, 3.05) is 13.2 Å². The average molecular weight is 415 g/mol. The number of allylic oxidation sites excluding steroid dienone is 3. The summed E-state index contributed by atoms with van der Waals surface area (Å²) in [6.07, 6.45) is 7.74. The molecule has 0 spiro atoms. The zero-order valence-corrected chi connectivity index (χ0v) is 19.9. The molecule has 0 radical (unpaired) electrons. The molecule has 1 aromatic carbocycles. The van der Waals surface area contributed by atoms with Gasteiger partial charge in [0.05, 0.1) is 0 Å². The topological polar surface area (TPSA) is 36.9 Å². The van der Waals surface area contributed by atoms with Gasteiger partial charge < -0.3 is 0 Å². The number of benzene rings is 1. The maximum absolute atomic E-state index is 6.35. The Balaban J connectivity index is 1.96. The molecule has 4 nitrogen and oxygen atoms in total. The summed E-state index contributed by atoms with van der Waals surface area (Å²) in [5, 5.41) is 0. The highest BCUT2D eigenvalue weighted by Gasteiger charge is 2.57. The second-order valence-electron chi connectivity index (χ2n) is 11.2. The first-order chi connectivity index (χ1) is 13.8. The molecule has 166 valence electrons. The van der Waals surface area contributed by atoms with Crippen molar-refractivity contribution in [3.05, 3.63) is 59.7 Å². The molecule has 0 aromatic heterocycles. The van der Waals surface area contributed by atoms with Crippen LogP contribution in [0, 0.1) is 16.2 Å². The first-order valence-electron chi connectivity index (χ1n) is 10.9. The minimum absolute atomic E-state index is 0.102. The van der Waals surface area contributed by atoms with Gasteiger partial charge in [0.25, 0.3) is 0 Å². The van der Waals surface area contributed by atoms with E-state index in [0.29, 0.717) is 0 Å². The molecule has 2 aliphatic rings. The summed E-state index contributed by atoms with van der Waals surface area (Å²) < 4.78 is 0. The largest absolute Gasteiger partial charge is 0.233 e. The highest BCUT2D eigenvalue weighted by atomic mass is 17.3. The predicted molar refractivity (Wildman–Crippen MR) is 119 cm³/mol. The first kappa shape index (κ1) is 23.2. The quantitative estimate of drug-likeness (QED) is 0.515. The second-order valence-corrected chi connectivity index (χ2v) is 11.2. The molecule has 4 heteroatoms. The number of hydrogen-bond donors (Lipinski definition) is 0. The van der Waals surface area contributed by atoms with E-state index in [1.165, 1.54) is 5.57 Å². The Bertz CT molecular complexity index is 799. The van der Waals surface area contributed by atoms with E-state index >= 15 is 0 Å². The third-order valence-electron chi connectivity index (χ3n) is 6.89.